The molecule has 0 unspecified atom stereocenters. The lowest BCUT2D eigenvalue weighted by atomic mass is 10.1. The summed E-state index contributed by atoms with van der Waals surface area (Å²) in [5.41, 5.74) is 6.45. The zero-order valence-corrected chi connectivity index (χ0v) is 19.5. The van der Waals surface area contributed by atoms with Gasteiger partial charge in [-0.25, -0.2) is 0 Å². The van der Waals surface area contributed by atoms with Crippen molar-refractivity contribution in [2.45, 2.75) is 58.3 Å². The van der Waals surface area contributed by atoms with E-state index < -0.39 is 0 Å². The molecule has 0 fully saturated rings. The number of allylic oxidation sites excluding steroid dienone is 5. The molecule has 0 aliphatic rings. The fraction of sp³-hybridized carbons (Fsp3) is 0.458. The molecule has 0 spiro atoms. The van der Waals surface area contributed by atoms with E-state index in [1.165, 1.54) is 16.7 Å². The second-order valence-corrected chi connectivity index (χ2v) is 8.52. The highest BCUT2D eigenvalue weighted by Gasteiger charge is 2.10. The Morgan fingerprint density at radius 2 is 1.70 bits per heavy atom. The fourth-order valence-corrected chi connectivity index (χ4v) is 3.79. The van der Waals surface area contributed by atoms with Gasteiger partial charge in [0.15, 0.2) is 0 Å². The Morgan fingerprint density at radius 1 is 1.03 bits per heavy atom. The smallest absolute Gasteiger partial charge is 0.252 e. The van der Waals surface area contributed by atoms with Gasteiger partial charge in [0.25, 0.3) is 5.91 Å². The van der Waals surface area contributed by atoms with E-state index in [1.54, 1.807) is 17.4 Å². The predicted molar refractivity (Wildman–Crippen MR) is 126 cm³/mol. The highest BCUT2D eigenvalue weighted by molar-refractivity contribution is 7.99. The van der Waals surface area contributed by atoms with Crippen LogP contribution in [0.2, 0.25) is 0 Å². The normalized spacial score (nSPS) is 12.0. The van der Waals surface area contributed by atoms with E-state index in [9.17, 15) is 4.79 Å². The van der Waals surface area contributed by atoms with E-state index in [0.717, 1.165) is 36.3 Å². The second-order valence-electron chi connectivity index (χ2n) is 7.46. The quantitative estimate of drug-likeness (QED) is 0.149. The minimum atomic E-state index is -0.144. The molecule has 0 heterocycles. The van der Waals surface area contributed by atoms with Crippen molar-refractivity contribution in [2.75, 3.05) is 18.9 Å². The van der Waals surface area contributed by atoms with Crippen LogP contribution in [0.5, 0.6) is 0 Å². The minimum absolute atomic E-state index is 0.144. The molecule has 0 bridgehead atoms. The summed E-state index contributed by atoms with van der Waals surface area (Å²) in [5, 5.41) is 11.1. The van der Waals surface area contributed by atoms with E-state index in [-0.39, 0.29) is 12.5 Å². The maximum Gasteiger partial charge on any atom is 0.252 e. The van der Waals surface area contributed by atoms with Crippen molar-refractivity contribution < 1.29 is 14.8 Å². The third-order valence-corrected chi connectivity index (χ3v) is 5.48. The number of carbonyl (C=O) groups is 1. The van der Waals surface area contributed by atoms with Crippen LogP contribution in [-0.2, 0) is 4.84 Å². The Kier molecular flexibility index (Phi) is 13.9. The average Bonchev–Trinajstić information content (AvgIpc) is 2.71. The van der Waals surface area contributed by atoms with Gasteiger partial charge >= 0.3 is 0 Å². The summed E-state index contributed by atoms with van der Waals surface area (Å²) in [4.78, 5) is 17.9. The number of hydrogen-bond acceptors (Lipinski definition) is 5. The molecular formula is C24H36N2O3S. The van der Waals surface area contributed by atoms with Gasteiger partial charge in [-0.05, 0) is 65.5 Å². The zero-order valence-electron chi connectivity index (χ0n) is 18.7. The third kappa shape index (κ3) is 12.0. The summed E-state index contributed by atoms with van der Waals surface area (Å²) in [6, 6.07) is 7.59. The van der Waals surface area contributed by atoms with E-state index in [2.05, 4.69) is 56.1 Å². The van der Waals surface area contributed by atoms with Crippen LogP contribution in [0.15, 0.2) is 64.1 Å². The molecule has 0 radical (unpaired) electrons. The molecular weight excluding hydrogens is 396 g/mol. The number of hydrogen-bond donors (Lipinski definition) is 3. The maximum absolute atomic E-state index is 12.4. The molecule has 1 rings (SSSR count). The molecule has 5 nitrogen and oxygen atoms in total. The minimum Gasteiger partial charge on any atom is -0.350 e. The van der Waals surface area contributed by atoms with Crippen LogP contribution in [0.1, 0.15) is 63.7 Å². The molecule has 166 valence electrons. The van der Waals surface area contributed by atoms with Gasteiger partial charge in [0, 0.05) is 17.2 Å². The molecule has 0 aromatic heterocycles. The van der Waals surface area contributed by atoms with E-state index in [1.807, 2.05) is 24.3 Å². The van der Waals surface area contributed by atoms with Crippen molar-refractivity contribution in [3.63, 3.8) is 0 Å². The van der Waals surface area contributed by atoms with E-state index >= 15 is 0 Å². The number of thioether (sulfide) groups is 1. The van der Waals surface area contributed by atoms with Gasteiger partial charge in [0.05, 0.1) is 12.2 Å². The molecule has 0 atom stereocenters. The van der Waals surface area contributed by atoms with Crippen LogP contribution in [0.25, 0.3) is 0 Å². The Bertz CT molecular complexity index is 738. The van der Waals surface area contributed by atoms with Crippen LogP contribution in [0.4, 0.5) is 0 Å². The molecule has 6 heteroatoms. The SMILES string of the molecule is CC(C)=CCCC(C)=CCCC(C)=CCSc1ccccc1C(=O)NCCONO. The molecule has 1 amide bonds. The first-order valence-corrected chi connectivity index (χ1v) is 11.4. The predicted octanol–water partition coefficient (Wildman–Crippen LogP) is 5.84. The standard InChI is InChI=1S/C24H36N2O3S/c1-19(2)9-7-10-20(3)11-8-12-21(4)15-18-30-23-14-6-5-13-22(23)24(27)25-16-17-29-26-28/h5-6,9,11,13-15,26,28H,7-8,10,12,16-18H2,1-4H3,(H,25,27). The number of rotatable bonds is 14. The first-order chi connectivity index (χ1) is 14.4. The van der Waals surface area contributed by atoms with Crippen LogP contribution < -0.4 is 11.0 Å². The highest BCUT2D eigenvalue weighted by atomic mass is 32.2. The van der Waals surface area contributed by atoms with Crippen molar-refractivity contribution in [3.05, 3.63) is 64.8 Å². The molecule has 0 saturated heterocycles. The maximum atomic E-state index is 12.4. The summed E-state index contributed by atoms with van der Waals surface area (Å²) in [6.45, 7) is 9.15. The van der Waals surface area contributed by atoms with Gasteiger partial charge in [-0.1, -0.05) is 52.7 Å². The number of nitrogens with one attached hydrogen (secondary N) is 2. The molecule has 1 aromatic rings. The summed E-state index contributed by atoms with van der Waals surface area (Å²) in [5.74, 6) is 0.686. The van der Waals surface area contributed by atoms with E-state index in [4.69, 9.17) is 5.21 Å². The molecule has 30 heavy (non-hydrogen) atoms. The van der Waals surface area contributed by atoms with Gasteiger partial charge in [-0.3, -0.25) is 14.8 Å². The average molecular weight is 433 g/mol. The Balaban J connectivity index is 2.45. The lowest BCUT2D eigenvalue weighted by molar-refractivity contribution is -0.125. The monoisotopic (exact) mass is 432 g/mol. The summed E-state index contributed by atoms with van der Waals surface area (Å²) in [6.07, 6.45) is 11.3. The fourth-order valence-electron chi connectivity index (χ4n) is 2.75. The first-order valence-electron chi connectivity index (χ1n) is 10.4. The van der Waals surface area contributed by atoms with Crippen LogP contribution >= 0.6 is 11.8 Å². The highest BCUT2D eigenvalue weighted by Crippen LogP contribution is 2.23. The lowest BCUT2D eigenvalue weighted by Gasteiger charge is -2.09. The zero-order chi connectivity index (χ0) is 22.2. The van der Waals surface area contributed by atoms with Crippen LogP contribution in [0, 0.1) is 0 Å². The Hall–Kier alpha value is -1.86. The van der Waals surface area contributed by atoms with Gasteiger partial charge in [0.1, 0.15) is 0 Å². The largest absolute Gasteiger partial charge is 0.350 e. The Morgan fingerprint density at radius 3 is 2.40 bits per heavy atom. The summed E-state index contributed by atoms with van der Waals surface area (Å²) >= 11 is 1.66. The summed E-state index contributed by atoms with van der Waals surface area (Å²) < 4.78 is 0. The summed E-state index contributed by atoms with van der Waals surface area (Å²) in [7, 11) is 0. The third-order valence-electron chi connectivity index (χ3n) is 4.48. The van der Waals surface area contributed by atoms with Crippen molar-refractivity contribution >= 4 is 17.7 Å². The number of carbonyl (C=O) groups excluding carboxylic acids is 1. The van der Waals surface area contributed by atoms with Gasteiger partial charge in [-0.2, -0.15) is 0 Å². The van der Waals surface area contributed by atoms with E-state index in [0.29, 0.717) is 12.1 Å². The van der Waals surface area contributed by atoms with Crippen molar-refractivity contribution in [1.82, 2.24) is 11.0 Å². The van der Waals surface area contributed by atoms with Crippen molar-refractivity contribution in [1.29, 1.82) is 0 Å². The first kappa shape index (κ1) is 26.2. The van der Waals surface area contributed by atoms with Gasteiger partial charge in [0.2, 0.25) is 0 Å². The van der Waals surface area contributed by atoms with Gasteiger partial charge < -0.3 is 5.32 Å². The molecule has 0 aliphatic carbocycles. The molecule has 3 N–H and O–H groups in total. The van der Waals surface area contributed by atoms with Gasteiger partial charge in [-0.15, -0.1) is 11.8 Å². The van der Waals surface area contributed by atoms with Crippen molar-refractivity contribution in [2.24, 2.45) is 0 Å². The number of benzene rings is 1. The topological polar surface area (TPSA) is 70.6 Å². The Labute approximate surface area is 185 Å². The molecule has 1 aromatic carbocycles. The number of amides is 1. The molecule has 0 saturated carbocycles. The van der Waals surface area contributed by atoms with Crippen LogP contribution in [-0.4, -0.2) is 30.0 Å². The molecule has 0 aliphatic heterocycles. The lowest BCUT2D eigenvalue weighted by Crippen LogP contribution is -2.29. The van der Waals surface area contributed by atoms with Crippen LogP contribution in [0.3, 0.4) is 0 Å². The second kappa shape index (κ2) is 15.9. The van der Waals surface area contributed by atoms with Crippen molar-refractivity contribution in [3.8, 4) is 0 Å².